The molecular formula is C23H25N7O2S. The molecule has 0 aliphatic carbocycles. The summed E-state index contributed by atoms with van der Waals surface area (Å²) in [5.41, 5.74) is 1.88. The van der Waals surface area contributed by atoms with Crippen molar-refractivity contribution in [2.24, 2.45) is 4.99 Å². The van der Waals surface area contributed by atoms with Gasteiger partial charge < -0.3 is 24.6 Å². The number of amidine groups is 1. The number of nitrogens with zero attached hydrogens (tertiary/aromatic N) is 6. The molecule has 3 aromatic rings. The van der Waals surface area contributed by atoms with E-state index < -0.39 is 0 Å². The molecule has 1 saturated heterocycles. The van der Waals surface area contributed by atoms with Gasteiger partial charge in [-0.3, -0.25) is 4.99 Å². The summed E-state index contributed by atoms with van der Waals surface area (Å²) in [7, 11) is 2.12. The lowest BCUT2D eigenvalue weighted by atomic mass is 10.2. The Hall–Kier alpha value is -3.21. The third-order valence-electron chi connectivity index (χ3n) is 5.51. The highest BCUT2D eigenvalue weighted by Crippen LogP contribution is 2.28. The fourth-order valence-electron chi connectivity index (χ4n) is 3.59. The minimum Gasteiger partial charge on any atom is -0.465 e. The first kappa shape index (κ1) is 21.6. The second-order valence-corrected chi connectivity index (χ2v) is 8.95. The summed E-state index contributed by atoms with van der Waals surface area (Å²) in [6.07, 6.45) is 3.62. The van der Waals surface area contributed by atoms with Crippen molar-refractivity contribution in [1.82, 2.24) is 19.9 Å². The molecule has 4 heterocycles. The number of hydrogen-bond acceptors (Lipinski definition) is 10. The zero-order valence-electron chi connectivity index (χ0n) is 18.3. The van der Waals surface area contributed by atoms with E-state index in [9.17, 15) is 5.11 Å². The Bertz CT molecular complexity index is 1150. The van der Waals surface area contributed by atoms with Crippen LogP contribution in [0.2, 0.25) is 0 Å². The lowest BCUT2D eigenvalue weighted by Gasteiger charge is -2.32. The third kappa shape index (κ3) is 5.24. The Morgan fingerprint density at radius 2 is 1.88 bits per heavy atom. The number of hydrogen-bond donors (Lipinski definition) is 2. The Balaban J connectivity index is 1.39. The fourth-order valence-corrected chi connectivity index (χ4v) is 4.33. The molecular weight excluding hydrogens is 438 g/mol. The van der Waals surface area contributed by atoms with E-state index in [-0.39, 0.29) is 6.61 Å². The fraction of sp³-hybridized carbons (Fsp3) is 0.304. The van der Waals surface area contributed by atoms with E-state index in [2.05, 4.69) is 32.1 Å². The van der Waals surface area contributed by atoms with E-state index in [1.165, 1.54) is 11.8 Å². The van der Waals surface area contributed by atoms with Gasteiger partial charge in [-0.1, -0.05) is 12.1 Å². The van der Waals surface area contributed by atoms with Gasteiger partial charge in [0, 0.05) is 36.6 Å². The molecule has 0 unspecified atom stereocenters. The van der Waals surface area contributed by atoms with Crippen LogP contribution in [-0.4, -0.2) is 70.6 Å². The van der Waals surface area contributed by atoms with Crippen LogP contribution in [-0.2, 0) is 6.61 Å². The van der Waals surface area contributed by atoms with Crippen LogP contribution in [0.25, 0.3) is 5.57 Å². The summed E-state index contributed by atoms with van der Waals surface area (Å²) >= 11 is 1.46. The molecule has 9 nitrogen and oxygen atoms in total. The molecule has 2 aromatic heterocycles. The van der Waals surface area contributed by atoms with Crippen molar-refractivity contribution in [3.63, 3.8) is 0 Å². The summed E-state index contributed by atoms with van der Waals surface area (Å²) in [5.74, 6) is 2.63. The highest BCUT2D eigenvalue weighted by atomic mass is 32.2. The SMILES string of the molecule is CN1CCN(c2nc(NC3=NCC(c4ccco4)=C3)nc(Sc3ccc(CO)cc3)n2)CC1. The molecule has 33 heavy (non-hydrogen) atoms. The number of piperazine rings is 1. The normalized spacial score (nSPS) is 16.6. The van der Waals surface area contributed by atoms with E-state index in [0.29, 0.717) is 29.4 Å². The first-order valence-corrected chi connectivity index (χ1v) is 11.6. The van der Waals surface area contributed by atoms with Gasteiger partial charge in [0.15, 0.2) is 5.16 Å². The van der Waals surface area contributed by atoms with E-state index in [4.69, 9.17) is 14.4 Å². The lowest BCUT2D eigenvalue weighted by Crippen LogP contribution is -2.45. The molecule has 0 radical (unpaired) electrons. The Labute approximate surface area is 196 Å². The number of rotatable bonds is 6. The molecule has 170 valence electrons. The molecule has 0 atom stereocenters. The largest absolute Gasteiger partial charge is 0.465 e. The lowest BCUT2D eigenvalue weighted by molar-refractivity contribution is 0.282. The van der Waals surface area contributed by atoms with Gasteiger partial charge in [0.05, 0.1) is 19.4 Å². The van der Waals surface area contributed by atoms with E-state index >= 15 is 0 Å². The summed E-state index contributed by atoms with van der Waals surface area (Å²) in [5, 5.41) is 13.1. The molecule has 1 fully saturated rings. The number of furan rings is 1. The van der Waals surface area contributed by atoms with Crippen LogP contribution < -0.4 is 10.2 Å². The molecule has 5 rings (SSSR count). The number of aliphatic imine (C=N–C) groups is 1. The molecule has 0 amide bonds. The van der Waals surface area contributed by atoms with Crippen molar-refractivity contribution < 1.29 is 9.52 Å². The van der Waals surface area contributed by atoms with Crippen LogP contribution >= 0.6 is 11.8 Å². The highest BCUT2D eigenvalue weighted by molar-refractivity contribution is 7.99. The third-order valence-corrected chi connectivity index (χ3v) is 6.39. The van der Waals surface area contributed by atoms with E-state index in [1.807, 2.05) is 42.5 Å². The standard InChI is InChI=1S/C23H25N7O2S/c1-29-8-10-30(11-9-29)22-26-21(25-20-13-17(14-24-20)19-3-2-12-32-19)27-23(28-22)33-18-6-4-16(15-31)5-7-18/h2-7,12-13,31H,8-11,14-15H2,1H3,(H,24,25,26,27,28). The average molecular weight is 464 g/mol. The first-order valence-electron chi connectivity index (χ1n) is 10.8. The Morgan fingerprint density at radius 3 is 2.61 bits per heavy atom. The molecule has 2 N–H and O–H groups in total. The van der Waals surface area contributed by atoms with Gasteiger partial charge in [0.25, 0.3) is 0 Å². The highest BCUT2D eigenvalue weighted by Gasteiger charge is 2.20. The second-order valence-electron chi connectivity index (χ2n) is 7.91. The number of aliphatic hydroxyl groups excluding tert-OH is 1. The summed E-state index contributed by atoms with van der Waals surface area (Å²) in [4.78, 5) is 24.1. The zero-order valence-corrected chi connectivity index (χ0v) is 19.1. The van der Waals surface area contributed by atoms with Gasteiger partial charge >= 0.3 is 0 Å². The van der Waals surface area contributed by atoms with E-state index in [1.54, 1.807) is 6.26 Å². The molecule has 0 bridgehead atoms. The topological polar surface area (TPSA) is 103 Å². The van der Waals surface area contributed by atoms with Crippen LogP contribution in [0.4, 0.5) is 11.9 Å². The maximum atomic E-state index is 9.29. The van der Waals surface area contributed by atoms with Crippen LogP contribution in [0.1, 0.15) is 11.3 Å². The number of aromatic nitrogens is 3. The molecule has 2 aliphatic heterocycles. The van der Waals surface area contributed by atoms with Gasteiger partial charge in [-0.25, -0.2) is 0 Å². The quantitative estimate of drug-likeness (QED) is 0.571. The smallest absolute Gasteiger partial charge is 0.234 e. The van der Waals surface area contributed by atoms with Crippen molar-refractivity contribution >= 4 is 35.1 Å². The Morgan fingerprint density at radius 1 is 1.06 bits per heavy atom. The van der Waals surface area contributed by atoms with Gasteiger partial charge in [-0.15, -0.1) is 0 Å². The minimum absolute atomic E-state index is 0.0218. The molecule has 2 aliphatic rings. The summed E-state index contributed by atoms with van der Waals surface area (Å²) < 4.78 is 5.48. The molecule has 0 spiro atoms. The van der Waals surface area contributed by atoms with E-state index in [0.717, 1.165) is 48.0 Å². The van der Waals surface area contributed by atoms with Crippen molar-refractivity contribution in [2.45, 2.75) is 16.7 Å². The number of nitrogens with one attached hydrogen (secondary N) is 1. The number of anilines is 2. The Kier molecular flexibility index (Phi) is 6.38. The van der Waals surface area contributed by atoms with Crippen LogP contribution in [0.5, 0.6) is 0 Å². The summed E-state index contributed by atoms with van der Waals surface area (Å²) in [6, 6.07) is 11.5. The number of aliphatic hydroxyl groups is 1. The van der Waals surface area contributed by atoms with Gasteiger partial charge in [0.2, 0.25) is 11.9 Å². The van der Waals surface area contributed by atoms with Crippen molar-refractivity contribution in [3.05, 3.63) is 60.1 Å². The van der Waals surface area contributed by atoms with Crippen LogP contribution in [0, 0.1) is 0 Å². The minimum atomic E-state index is 0.0218. The van der Waals surface area contributed by atoms with Crippen LogP contribution in [0.3, 0.4) is 0 Å². The van der Waals surface area contributed by atoms with Crippen LogP contribution in [0.15, 0.2) is 68.2 Å². The maximum Gasteiger partial charge on any atom is 0.234 e. The van der Waals surface area contributed by atoms with Crippen molar-refractivity contribution in [3.8, 4) is 0 Å². The maximum absolute atomic E-state index is 9.29. The van der Waals surface area contributed by atoms with Gasteiger partial charge in [-0.2, -0.15) is 15.0 Å². The number of likely N-dealkylation sites (N-methyl/N-ethyl adjacent to an activating group) is 1. The van der Waals surface area contributed by atoms with Crippen molar-refractivity contribution in [2.75, 3.05) is 50.0 Å². The van der Waals surface area contributed by atoms with Gasteiger partial charge in [-0.05, 0) is 54.7 Å². The predicted molar refractivity (Wildman–Crippen MR) is 129 cm³/mol. The molecule has 1 aromatic carbocycles. The predicted octanol–water partition coefficient (Wildman–Crippen LogP) is 2.77. The zero-order chi connectivity index (χ0) is 22.6. The van der Waals surface area contributed by atoms with Gasteiger partial charge in [0.1, 0.15) is 11.6 Å². The summed E-state index contributed by atoms with van der Waals surface area (Å²) in [6.45, 7) is 4.21. The van der Waals surface area contributed by atoms with Crippen molar-refractivity contribution in [1.29, 1.82) is 0 Å². The molecule has 10 heteroatoms. The monoisotopic (exact) mass is 463 g/mol. The second kappa shape index (κ2) is 9.74. The number of benzene rings is 1. The average Bonchev–Trinajstić information content (AvgIpc) is 3.52. The molecule has 0 saturated carbocycles. The first-order chi connectivity index (χ1) is 16.2.